The Labute approximate surface area is 93.3 Å². The number of aromatic carboxylic acids is 1. The van der Waals surface area contributed by atoms with Gasteiger partial charge in [-0.05, 0) is 26.8 Å². The van der Waals surface area contributed by atoms with Crippen LogP contribution in [-0.2, 0) is 6.54 Å². The van der Waals surface area contributed by atoms with Crippen molar-refractivity contribution in [1.29, 1.82) is 0 Å². The van der Waals surface area contributed by atoms with Gasteiger partial charge >= 0.3 is 5.97 Å². The van der Waals surface area contributed by atoms with E-state index >= 15 is 0 Å². The average Bonchev–Trinajstić information content (AvgIpc) is 2.22. The normalized spacial score (nSPS) is 10.2. The van der Waals surface area contributed by atoms with Gasteiger partial charge in [-0.15, -0.1) is 0 Å². The SMILES string of the molecule is CCOc1c(C(=O)O)cc(C)n(CC)c1=O. The van der Waals surface area contributed by atoms with E-state index in [-0.39, 0.29) is 23.5 Å². The van der Waals surface area contributed by atoms with Gasteiger partial charge < -0.3 is 14.4 Å². The van der Waals surface area contributed by atoms with E-state index in [2.05, 4.69) is 0 Å². The number of rotatable bonds is 4. The molecule has 0 saturated heterocycles. The monoisotopic (exact) mass is 225 g/mol. The van der Waals surface area contributed by atoms with E-state index < -0.39 is 5.97 Å². The maximum absolute atomic E-state index is 11.9. The molecule has 16 heavy (non-hydrogen) atoms. The molecule has 88 valence electrons. The predicted octanol–water partition coefficient (Wildman–Crippen LogP) is 1.27. The largest absolute Gasteiger partial charge is 0.487 e. The van der Waals surface area contributed by atoms with E-state index in [9.17, 15) is 9.59 Å². The molecule has 0 aliphatic carbocycles. The van der Waals surface area contributed by atoms with Gasteiger partial charge in [0.15, 0.2) is 5.75 Å². The summed E-state index contributed by atoms with van der Waals surface area (Å²) in [7, 11) is 0. The molecule has 5 heteroatoms. The Bertz CT molecular complexity index is 462. The van der Waals surface area contributed by atoms with E-state index in [0.29, 0.717) is 12.2 Å². The molecule has 0 spiro atoms. The molecule has 5 nitrogen and oxygen atoms in total. The zero-order valence-corrected chi connectivity index (χ0v) is 9.61. The molecule has 0 atom stereocenters. The van der Waals surface area contributed by atoms with Gasteiger partial charge in [0.2, 0.25) is 0 Å². The van der Waals surface area contributed by atoms with E-state index in [0.717, 1.165) is 0 Å². The fraction of sp³-hybridized carbons (Fsp3) is 0.455. The van der Waals surface area contributed by atoms with Crippen molar-refractivity contribution in [2.75, 3.05) is 6.61 Å². The molecular formula is C11H15NO4. The van der Waals surface area contributed by atoms with E-state index in [4.69, 9.17) is 9.84 Å². The number of ether oxygens (including phenoxy) is 1. The van der Waals surface area contributed by atoms with Gasteiger partial charge in [-0.1, -0.05) is 0 Å². The highest BCUT2D eigenvalue weighted by atomic mass is 16.5. The Morgan fingerprint density at radius 3 is 2.56 bits per heavy atom. The summed E-state index contributed by atoms with van der Waals surface area (Å²) in [4.78, 5) is 22.9. The summed E-state index contributed by atoms with van der Waals surface area (Å²) in [6.45, 7) is 5.99. The van der Waals surface area contributed by atoms with Crippen LogP contribution in [0, 0.1) is 6.92 Å². The number of aryl methyl sites for hydroxylation is 1. The summed E-state index contributed by atoms with van der Waals surface area (Å²) in [5.41, 5.74) is 0.157. The number of carboxylic acid groups (broad SMARTS) is 1. The lowest BCUT2D eigenvalue weighted by Crippen LogP contribution is -2.26. The standard InChI is InChI=1S/C11H15NO4/c1-4-12-7(3)6-8(11(14)15)9(10(12)13)16-5-2/h6H,4-5H2,1-3H3,(H,14,15). The molecule has 1 aromatic rings. The second kappa shape index (κ2) is 4.83. The first-order valence-electron chi connectivity index (χ1n) is 5.13. The number of carboxylic acids is 1. The number of aromatic nitrogens is 1. The average molecular weight is 225 g/mol. The van der Waals surface area contributed by atoms with Gasteiger partial charge in [-0.25, -0.2) is 4.79 Å². The van der Waals surface area contributed by atoms with Crippen molar-refractivity contribution in [2.24, 2.45) is 0 Å². The van der Waals surface area contributed by atoms with Gasteiger partial charge in [0.05, 0.1) is 6.61 Å². The van der Waals surface area contributed by atoms with Crippen molar-refractivity contribution in [2.45, 2.75) is 27.3 Å². The lowest BCUT2D eigenvalue weighted by molar-refractivity contribution is 0.0691. The molecule has 0 amide bonds. The fourth-order valence-corrected chi connectivity index (χ4v) is 1.59. The second-order valence-corrected chi connectivity index (χ2v) is 3.32. The minimum atomic E-state index is -1.15. The quantitative estimate of drug-likeness (QED) is 0.837. The van der Waals surface area contributed by atoms with Crippen molar-refractivity contribution in [3.05, 3.63) is 27.7 Å². The van der Waals surface area contributed by atoms with Crippen molar-refractivity contribution >= 4 is 5.97 Å². The fourth-order valence-electron chi connectivity index (χ4n) is 1.59. The van der Waals surface area contributed by atoms with Crippen LogP contribution in [0.15, 0.2) is 10.9 Å². The van der Waals surface area contributed by atoms with Crippen LogP contribution in [0.2, 0.25) is 0 Å². The van der Waals surface area contributed by atoms with Gasteiger partial charge in [0.25, 0.3) is 5.56 Å². The number of pyridine rings is 1. The Morgan fingerprint density at radius 1 is 1.50 bits per heavy atom. The number of carbonyl (C=O) groups is 1. The summed E-state index contributed by atoms with van der Waals surface area (Å²) in [6.07, 6.45) is 0. The zero-order valence-electron chi connectivity index (χ0n) is 9.61. The van der Waals surface area contributed by atoms with Gasteiger partial charge in [0, 0.05) is 12.2 Å². The van der Waals surface area contributed by atoms with Crippen molar-refractivity contribution in [3.63, 3.8) is 0 Å². The highest BCUT2D eigenvalue weighted by molar-refractivity contribution is 5.90. The molecule has 0 aliphatic heterocycles. The maximum atomic E-state index is 11.9. The lowest BCUT2D eigenvalue weighted by atomic mass is 10.2. The molecule has 0 bridgehead atoms. The van der Waals surface area contributed by atoms with Gasteiger partial charge in [0.1, 0.15) is 5.56 Å². The van der Waals surface area contributed by atoms with E-state index in [1.54, 1.807) is 13.8 Å². The third-order valence-corrected chi connectivity index (χ3v) is 2.30. The third-order valence-electron chi connectivity index (χ3n) is 2.30. The minimum Gasteiger partial charge on any atom is -0.487 e. The summed E-state index contributed by atoms with van der Waals surface area (Å²) < 4.78 is 6.60. The van der Waals surface area contributed by atoms with E-state index in [1.807, 2.05) is 6.92 Å². The number of hydrogen-bond acceptors (Lipinski definition) is 3. The van der Waals surface area contributed by atoms with Crippen molar-refractivity contribution in [3.8, 4) is 5.75 Å². The lowest BCUT2D eigenvalue weighted by Gasteiger charge is -2.12. The zero-order chi connectivity index (χ0) is 12.3. The molecule has 0 saturated carbocycles. The van der Waals surface area contributed by atoms with Crippen LogP contribution in [0.5, 0.6) is 5.75 Å². The van der Waals surface area contributed by atoms with E-state index in [1.165, 1.54) is 10.6 Å². The highest BCUT2D eigenvalue weighted by Crippen LogP contribution is 2.15. The second-order valence-electron chi connectivity index (χ2n) is 3.32. The first-order chi connectivity index (χ1) is 7.52. The first kappa shape index (κ1) is 12.3. The molecular weight excluding hydrogens is 210 g/mol. The van der Waals surface area contributed by atoms with Crippen LogP contribution >= 0.6 is 0 Å². The first-order valence-corrected chi connectivity index (χ1v) is 5.13. The van der Waals surface area contributed by atoms with Crippen LogP contribution in [0.25, 0.3) is 0 Å². The van der Waals surface area contributed by atoms with Crippen LogP contribution in [0.1, 0.15) is 29.9 Å². The minimum absolute atomic E-state index is 0.0750. The Kier molecular flexibility index (Phi) is 3.71. The summed E-state index contributed by atoms with van der Waals surface area (Å²) >= 11 is 0. The highest BCUT2D eigenvalue weighted by Gasteiger charge is 2.18. The molecule has 1 aromatic heterocycles. The van der Waals surface area contributed by atoms with Crippen molar-refractivity contribution < 1.29 is 14.6 Å². The van der Waals surface area contributed by atoms with Crippen LogP contribution in [0.4, 0.5) is 0 Å². The molecule has 1 N–H and O–H groups in total. The van der Waals surface area contributed by atoms with Crippen LogP contribution < -0.4 is 10.3 Å². The molecule has 1 heterocycles. The summed E-state index contributed by atoms with van der Waals surface area (Å²) in [5, 5.41) is 8.98. The summed E-state index contributed by atoms with van der Waals surface area (Å²) in [5.74, 6) is -1.23. The molecule has 0 fully saturated rings. The topological polar surface area (TPSA) is 68.5 Å². The Hall–Kier alpha value is -1.78. The Morgan fingerprint density at radius 2 is 2.12 bits per heavy atom. The molecule has 0 radical (unpaired) electrons. The smallest absolute Gasteiger partial charge is 0.339 e. The molecule has 1 rings (SSSR count). The predicted molar refractivity (Wildman–Crippen MR) is 59.2 cm³/mol. The van der Waals surface area contributed by atoms with Crippen LogP contribution in [0.3, 0.4) is 0 Å². The van der Waals surface area contributed by atoms with Crippen LogP contribution in [-0.4, -0.2) is 22.2 Å². The third kappa shape index (κ3) is 2.08. The number of nitrogens with zero attached hydrogens (tertiary/aromatic N) is 1. The molecule has 0 aliphatic rings. The summed E-state index contributed by atoms with van der Waals surface area (Å²) in [6, 6.07) is 1.46. The van der Waals surface area contributed by atoms with Gasteiger partial charge in [-0.3, -0.25) is 4.79 Å². The van der Waals surface area contributed by atoms with Crippen molar-refractivity contribution in [1.82, 2.24) is 4.57 Å². The molecule has 0 aromatic carbocycles. The maximum Gasteiger partial charge on any atom is 0.339 e. The number of hydrogen-bond donors (Lipinski definition) is 1. The Balaban J connectivity index is 3.52. The molecule has 0 unspecified atom stereocenters. The van der Waals surface area contributed by atoms with Gasteiger partial charge in [-0.2, -0.15) is 0 Å².